The molecule has 0 aliphatic heterocycles. The molecule has 6 nitrogen and oxygen atoms in total. The fourth-order valence-electron chi connectivity index (χ4n) is 2.59. The lowest BCUT2D eigenvalue weighted by Gasteiger charge is -2.16. The molecule has 0 fully saturated rings. The number of pyridine rings is 1. The van der Waals surface area contributed by atoms with Crippen molar-refractivity contribution in [2.24, 2.45) is 0 Å². The van der Waals surface area contributed by atoms with Gasteiger partial charge in [-0.05, 0) is 18.9 Å². The normalized spacial score (nSPS) is 12.2. The van der Waals surface area contributed by atoms with Crippen molar-refractivity contribution in [2.45, 2.75) is 38.6 Å². The molecule has 1 aromatic carbocycles. The van der Waals surface area contributed by atoms with Crippen LogP contribution in [-0.4, -0.2) is 28.4 Å². The highest BCUT2D eigenvalue weighted by atomic mass is 35.5. The average molecular weight is 351 g/mol. The smallest absolute Gasteiger partial charge is 0.226 e. The average Bonchev–Trinajstić information content (AvgIpc) is 2.57. The number of nitrogens with two attached hydrogens (primary N) is 1. The minimum Gasteiger partial charge on any atom is -0.396 e. The van der Waals surface area contributed by atoms with Crippen LogP contribution in [0.3, 0.4) is 0 Å². The van der Waals surface area contributed by atoms with Gasteiger partial charge in [0.2, 0.25) is 6.04 Å². The number of para-hydroxylation sites is 1. The summed E-state index contributed by atoms with van der Waals surface area (Å²) in [5, 5.41) is 15.3. The van der Waals surface area contributed by atoms with E-state index in [1.54, 1.807) is 0 Å². The molecule has 24 heavy (non-hydrogen) atoms. The molecular weight excluding hydrogens is 328 g/mol. The molecule has 0 saturated carbocycles. The Labute approximate surface area is 146 Å². The highest BCUT2D eigenvalue weighted by Gasteiger charge is 2.20. The lowest BCUT2D eigenvalue weighted by molar-refractivity contribution is -0.517. The van der Waals surface area contributed by atoms with Gasteiger partial charge in [-0.1, -0.05) is 31.5 Å². The Morgan fingerprint density at radius 2 is 2.17 bits per heavy atom. The molecule has 0 aliphatic rings. The summed E-state index contributed by atoms with van der Waals surface area (Å²) in [6.07, 6.45) is 2.88. The van der Waals surface area contributed by atoms with Gasteiger partial charge in [-0.25, -0.2) is 0 Å². The highest BCUT2D eigenvalue weighted by Crippen LogP contribution is 2.31. The van der Waals surface area contributed by atoms with Crippen LogP contribution in [0.25, 0.3) is 10.9 Å². The van der Waals surface area contributed by atoms with Crippen molar-refractivity contribution in [1.82, 2.24) is 4.98 Å². The summed E-state index contributed by atoms with van der Waals surface area (Å²) in [7, 11) is 0. The third-order valence-corrected chi connectivity index (χ3v) is 4.39. The zero-order valence-electron chi connectivity index (χ0n) is 13.8. The first-order valence-corrected chi connectivity index (χ1v) is 8.72. The number of nitrogen functional groups attached to an aromatic ring is 1. The number of fused-ring (bicyclic) bond motifs is 1. The molecule has 1 heterocycles. The SMILES string of the molecule is CCCCNc1c(N)c(CCC(CCl)[N+](=O)[O-])nc2ccccc12. The van der Waals surface area contributed by atoms with Crippen LogP contribution in [0.4, 0.5) is 11.4 Å². The Bertz CT molecular complexity index is 708. The van der Waals surface area contributed by atoms with Crippen LogP contribution in [0.5, 0.6) is 0 Å². The molecule has 0 spiro atoms. The molecule has 0 saturated heterocycles. The van der Waals surface area contributed by atoms with E-state index < -0.39 is 6.04 Å². The van der Waals surface area contributed by atoms with Crippen LogP contribution in [0.1, 0.15) is 31.9 Å². The van der Waals surface area contributed by atoms with Gasteiger partial charge >= 0.3 is 0 Å². The van der Waals surface area contributed by atoms with Crippen molar-refractivity contribution in [3.05, 3.63) is 40.1 Å². The third kappa shape index (κ3) is 4.26. The number of hydrogen-bond donors (Lipinski definition) is 2. The van der Waals surface area contributed by atoms with Crippen LogP contribution in [0, 0.1) is 10.1 Å². The van der Waals surface area contributed by atoms with Crippen molar-refractivity contribution in [1.29, 1.82) is 0 Å². The maximum Gasteiger partial charge on any atom is 0.226 e. The van der Waals surface area contributed by atoms with E-state index in [2.05, 4.69) is 17.2 Å². The number of nitrogens with one attached hydrogen (secondary N) is 1. The second-order valence-electron chi connectivity index (χ2n) is 5.78. The summed E-state index contributed by atoms with van der Waals surface area (Å²) in [6, 6.07) is 7.00. The van der Waals surface area contributed by atoms with Gasteiger partial charge < -0.3 is 11.1 Å². The molecule has 1 aromatic heterocycles. The van der Waals surface area contributed by atoms with E-state index in [1.807, 2.05) is 24.3 Å². The van der Waals surface area contributed by atoms with Crippen molar-refractivity contribution >= 4 is 33.9 Å². The van der Waals surface area contributed by atoms with Gasteiger partial charge in [-0.15, -0.1) is 11.6 Å². The molecule has 0 amide bonds. The van der Waals surface area contributed by atoms with E-state index in [9.17, 15) is 10.1 Å². The Morgan fingerprint density at radius 1 is 1.42 bits per heavy atom. The van der Waals surface area contributed by atoms with Crippen molar-refractivity contribution < 1.29 is 4.92 Å². The van der Waals surface area contributed by atoms with Gasteiger partial charge in [-0.2, -0.15) is 0 Å². The highest BCUT2D eigenvalue weighted by molar-refractivity contribution is 6.18. The zero-order chi connectivity index (χ0) is 17.5. The third-order valence-electron chi connectivity index (χ3n) is 4.03. The van der Waals surface area contributed by atoms with Crippen molar-refractivity contribution in [2.75, 3.05) is 23.5 Å². The number of halogens is 1. The van der Waals surface area contributed by atoms with Gasteiger partial charge in [0.05, 0.1) is 28.5 Å². The van der Waals surface area contributed by atoms with Crippen LogP contribution in [-0.2, 0) is 6.42 Å². The van der Waals surface area contributed by atoms with Gasteiger partial charge in [0, 0.05) is 23.3 Å². The summed E-state index contributed by atoms with van der Waals surface area (Å²) in [5.41, 5.74) is 9.27. The van der Waals surface area contributed by atoms with E-state index in [-0.39, 0.29) is 10.8 Å². The van der Waals surface area contributed by atoms with Crippen molar-refractivity contribution in [3.8, 4) is 0 Å². The van der Waals surface area contributed by atoms with E-state index in [4.69, 9.17) is 17.3 Å². The number of rotatable bonds is 9. The topological polar surface area (TPSA) is 94.1 Å². The molecule has 2 rings (SSSR count). The van der Waals surface area contributed by atoms with Gasteiger partial charge in [0.25, 0.3) is 0 Å². The molecule has 0 bridgehead atoms. The summed E-state index contributed by atoms with van der Waals surface area (Å²) >= 11 is 5.67. The number of nitro groups is 1. The molecule has 3 N–H and O–H groups in total. The number of unbranched alkanes of at least 4 members (excludes halogenated alkanes) is 1. The van der Waals surface area contributed by atoms with Gasteiger partial charge in [0.15, 0.2) is 0 Å². The second kappa shape index (κ2) is 8.68. The Kier molecular flexibility index (Phi) is 6.61. The predicted octanol–water partition coefficient (Wildman–Crippen LogP) is 3.85. The standard InChI is InChI=1S/C17H23ClN4O2/c1-2-3-10-20-17-13-6-4-5-7-14(13)21-15(16(17)19)9-8-12(11-18)22(23)24/h4-7,12H,2-3,8-11,19H2,1H3,(H,20,21). The lowest BCUT2D eigenvalue weighted by Crippen LogP contribution is -2.22. The lowest BCUT2D eigenvalue weighted by atomic mass is 10.1. The van der Waals surface area contributed by atoms with E-state index in [0.29, 0.717) is 24.2 Å². The van der Waals surface area contributed by atoms with Crippen LogP contribution in [0.2, 0.25) is 0 Å². The number of hydrogen-bond acceptors (Lipinski definition) is 5. The molecule has 1 unspecified atom stereocenters. The summed E-state index contributed by atoms with van der Waals surface area (Å²) < 4.78 is 0. The second-order valence-corrected chi connectivity index (χ2v) is 6.09. The molecular formula is C17H23ClN4O2. The molecule has 0 aliphatic carbocycles. The number of alkyl halides is 1. The van der Waals surface area contributed by atoms with Crippen molar-refractivity contribution in [3.63, 3.8) is 0 Å². The summed E-state index contributed by atoms with van der Waals surface area (Å²) in [5.74, 6) is -0.0118. The first-order chi connectivity index (χ1) is 11.6. The fraction of sp³-hybridized carbons (Fsp3) is 0.471. The largest absolute Gasteiger partial charge is 0.396 e. The maximum atomic E-state index is 10.9. The quantitative estimate of drug-likeness (QED) is 0.310. The first kappa shape index (κ1) is 18.3. The van der Waals surface area contributed by atoms with Crippen LogP contribution < -0.4 is 11.1 Å². The summed E-state index contributed by atoms with van der Waals surface area (Å²) in [4.78, 5) is 15.2. The fourth-order valence-corrected chi connectivity index (χ4v) is 2.86. The minimum atomic E-state index is -0.782. The minimum absolute atomic E-state index is 0.0118. The zero-order valence-corrected chi connectivity index (χ0v) is 14.6. The maximum absolute atomic E-state index is 10.9. The molecule has 2 aromatic rings. The van der Waals surface area contributed by atoms with Crippen LogP contribution in [0.15, 0.2) is 24.3 Å². The number of nitrogens with zero attached hydrogens (tertiary/aromatic N) is 2. The van der Waals surface area contributed by atoms with E-state index in [0.717, 1.165) is 36.0 Å². The molecule has 1 atom stereocenters. The van der Waals surface area contributed by atoms with Crippen LogP contribution >= 0.6 is 11.6 Å². The number of benzene rings is 1. The van der Waals surface area contributed by atoms with E-state index >= 15 is 0 Å². The number of anilines is 2. The first-order valence-electron chi connectivity index (χ1n) is 8.18. The predicted molar refractivity (Wildman–Crippen MR) is 99.4 cm³/mol. The van der Waals surface area contributed by atoms with E-state index in [1.165, 1.54) is 0 Å². The Balaban J connectivity index is 2.32. The number of aryl methyl sites for hydroxylation is 1. The monoisotopic (exact) mass is 350 g/mol. The van der Waals surface area contributed by atoms with Gasteiger partial charge in [0.1, 0.15) is 0 Å². The molecule has 7 heteroatoms. The summed E-state index contributed by atoms with van der Waals surface area (Å²) in [6.45, 7) is 2.96. The van der Waals surface area contributed by atoms with Gasteiger partial charge in [-0.3, -0.25) is 15.1 Å². The molecule has 0 radical (unpaired) electrons. The number of aromatic nitrogens is 1. The Morgan fingerprint density at radius 3 is 2.83 bits per heavy atom. The Hall–Kier alpha value is -2.08. The molecule has 130 valence electrons.